The summed E-state index contributed by atoms with van der Waals surface area (Å²) in [7, 11) is 0. The number of carbonyl (C=O) groups excluding carboxylic acids is 1. The Labute approximate surface area is 87.6 Å². The van der Waals surface area contributed by atoms with E-state index in [1.807, 2.05) is 0 Å². The van der Waals surface area contributed by atoms with Gasteiger partial charge in [-0.05, 0) is 18.2 Å². The van der Waals surface area contributed by atoms with Crippen molar-refractivity contribution in [3.8, 4) is 23.8 Å². The number of terminal acetylenes is 1. The van der Waals surface area contributed by atoms with Gasteiger partial charge in [0, 0.05) is 13.0 Å². The molecule has 0 atom stereocenters. The van der Waals surface area contributed by atoms with E-state index in [0.29, 0.717) is 13.0 Å². The topological polar surface area (TPSA) is 69.6 Å². The van der Waals surface area contributed by atoms with Crippen LogP contribution in [0.1, 0.15) is 16.8 Å². The fourth-order valence-corrected chi connectivity index (χ4v) is 1.05. The SMILES string of the molecule is C#CCCNC(=O)c1cc(O)ccc1O. The van der Waals surface area contributed by atoms with Gasteiger partial charge in [-0.1, -0.05) is 0 Å². The molecule has 4 nitrogen and oxygen atoms in total. The molecular formula is C11H11NO3. The van der Waals surface area contributed by atoms with Gasteiger partial charge in [0.15, 0.2) is 0 Å². The quantitative estimate of drug-likeness (QED) is 0.389. The number of rotatable bonds is 3. The van der Waals surface area contributed by atoms with Crippen molar-refractivity contribution in [1.82, 2.24) is 5.32 Å². The van der Waals surface area contributed by atoms with E-state index in [2.05, 4.69) is 11.2 Å². The molecule has 0 aliphatic rings. The minimum absolute atomic E-state index is 0.0343. The molecule has 0 heterocycles. The molecule has 0 aromatic heterocycles. The third-order valence-electron chi connectivity index (χ3n) is 1.78. The van der Waals surface area contributed by atoms with Crippen molar-refractivity contribution in [2.75, 3.05) is 6.54 Å². The molecule has 1 aromatic carbocycles. The van der Waals surface area contributed by atoms with Gasteiger partial charge in [0.05, 0.1) is 5.56 Å². The van der Waals surface area contributed by atoms with Gasteiger partial charge in [0.1, 0.15) is 11.5 Å². The molecule has 0 fully saturated rings. The van der Waals surface area contributed by atoms with E-state index in [4.69, 9.17) is 11.5 Å². The van der Waals surface area contributed by atoms with Gasteiger partial charge in [0.2, 0.25) is 0 Å². The Balaban J connectivity index is 2.73. The van der Waals surface area contributed by atoms with Crippen LogP contribution in [0, 0.1) is 12.3 Å². The number of phenols is 2. The Morgan fingerprint density at radius 2 is 2.20 bits per heavy atom. The highest BCUT2D eigenvalue weighted by atomic mass is 16.3. The summed E-state index contributed by atoms with van der Waals surface area (Å²) in [6.07, 6.45) is 5.44. The number of hydrogen-bond donors (Lipinski definition) is 3. The second-order valence-electron chi connectivity index (χ2n) is 2.91. The standard InChI is InChI=1S/C11H11NO3/c1-2-3-6-12-11(15)9-7-8(13)4-5-10(9)14/h1,4-5,7,13-14H,3,6H2,(H,12,15). The van der Waals surface area contributed by atoms with Gasteiger partial charge >= 0.3 is 0 Å². The molecule has 0 spiro atoms. The highest BCUT2D eigenvalue weighted by Crippen LogP contribution is 2.21. The molecule has 0 saturated heterocycles. The number of nitrogens with one attached hydrogen (secondary N) is 1. The highest BCUT2D eigenvalue weighted by Gasteiger charge is 2.10. The lowest BCUT2D eigenvalue weighted by molar-refractivity contribution is 0.0951. The summed E-state index contributed by atoms with van der Waals surface area (Å²) in [5, 5.41) is 21.0. The van der Waals surface area contributed by atoms with E-state index >= 15 is 0 Å². The van der Waals surface area contributed by atoms with Gasteiger partial charge in [0.25, 0.3) is 5.91 Å². The van der Waals surface area contributed by atoms with Crippen LogP contribution in [0.5, 0.6) is 11.5 Å². The van der Waals surface area contributed by atoms with Gasteiger partial charge in [-0.25, -0.2) is 0 Å². The highest BCUT2D eigenvalue weighted by molar-refractivity contribution is 5.97. The van der Waals surface area contributed by atoms with Crippen molar-refractivity contribution in [3.05, 3.63) is 23.8 Å². The lowest BCUT2D eigenvalue weighted by Crippen LogP contribution is -2.24. The number of aromatic hydroxyl groups is 2. The Hall–Kier alpha value is -2.15. The van der Waals surface area contributed by atoms with E-state index in [0.717, 1.165) is 0 Å². The predicted molar refractivity (Wildman–Crippen MR) is 55.6 cm³/mol. The molecule has 15 heavy (non-hydrogen) atoms. The monoisotopic (exact) mass is 205 g/mol. The van der Waals surface area contributed by atoms with Crippen molar-refractivity contribution >= 4 is 5.91 Å². The zero-order valence-electron chi connectivity index (χ0n) is 8.03. The second kappa shape index (κ2) is 4.91. The Morgan fingerprint density at radius 1 is 1.47 bits per heavy atom. The molecule has 0 radical (unpaired) electrons. The number of phenolic OH excluding ortho intramolecular Hbond substituents is 2. The van der Waals surface area contributed by atoms with Crippen LogP contribution in [-0.2, 0) is 0 Å². The van der Waals surface area contributed by atoms with Gasteiger partial charge in [-0.15, -0.1) is 12.3 Å². The van der Waals surface area contributed by atoms with Crippen LogP contribution >= 0.6 is 0 Å². The maximum atomic E-state index is 11.4. The Kier molecular flexibility index (Phi) is 3.58. The molecule has 3 N–H and O–H groups in total. The average molecular weight is 205 g/mol. The van der Waals surface area contributed by atoms with Gasteiger partial charge in [-0.3, -0.25) is 4.79 Å². The maximum absolute atomic E-state index is 11.4. The normalized spacial score (nSPS) is 9.27. The molecule has 0 saturated carbocycles. The second-order valence-corrected chi connectivity index (χ2v) is 2.91. The van der Waals surface area contributed by atoms with Crippen LogP contribution < -0.4 is 5.32 Å². The zero-order chi connectivity index (χ0) is 11.3. The molecule has 78 valence electrons. The van der Waals surface area contributed by atoms with Crippen LogP contribution in [0.15, 0.2) is 18.2 Å². The summed E-state index contributed by atoms with van der Waals surface area (Å²) < 4.78 is 0. The van der Waals surface area contributed by atoms with Gasteiger partial charge < -0.3 is 15.5 Å². The van der Waals surface area contributed by atoms with E-state index in [9.17, 15) is 9.90 Å². The van der Waals surface area contributed by atoms with Crippen molar-refractivity contribution in [2.24, 2.45) is 0 Å². The summed E-state index contributed by atoms with van der Waals surface area (Å²) >= 11 is 0. The summed E-state index contributed by atoms with van der Waals surface area (Å²) in [4.78, 5) is 11.4. The molecule has 1 amide bonds. The lowest BCUT2D eigenvalue weighted by atomic mass is 10.1. The minimum Gasteiger partial charge on any atom is -0.508 e. The van der Waals surface area contributed by atoms with E-state index in [1.165, 1.54) is 18.2 Å². The van der Waals surface area contributed by atoms with Gasteiger partial charge in [-0.2, -0.15) is 0 Å². The molecule has 4 heteroatoms. The van der Waals surface area contributed by atoms with Crippen LogP contribution in [0.2, 0.25) is 0 Å². The van der Waals surface area contributed by atoms with Crippen molar-refractivity contribution in [3.63, 3.8) is 0 Å². The fourth-order valence-electron chi connectivity index (χ4n) is 1.05. The molecule has 1 rings (SSSR count). The van der Waals surface area contributed by atoms with Crippen molar-refractivity contribution in [1.29, 1.82) is 0 Å². The molecule has 0 unspecified atom stereocenters. The zero-order valence-corrected chi connectivity index (χ0v) is 8.03. The number of amides is 1. The first-order valence-corrected chi connectivity index (χ1v) is 4.39. The first kappa shape index (κ1) is 10.9. The maximum Gasteiger partial charge on any atom is 0.255 e. The van der Waals surface area contributed by atoms with E-state index in [-0.39, 0.29) is 17.1 Å². The van der Waals surface area contributed by atoms with Crippen LogP contribution in [0.4, 0.5) is 0 Å². The third kappa shape index (κ3) is 2.92. The van der Waals surface area contributed by atoms with Crippen LogP contribution in [-0.4, -0.2) is 22.7 Å². The molecule has 0 bridgehead atoms. The number of carbonyl (C=O) groups is 1. The van der Waals surface area contributed by atoms with Crippen LogP contribution in [0.3, 0.4) is 0 Å². The summed E-state index contributed by atoms with van der Waals surface area (Å²) in [6, 6.07) is 3.75. The van der Waals surface area contributed by atoms with E-state index < -0.39 is 5.91 Å². The molecule has 0 aliphatic carbocycles. The van der Waals surface area contributed by atoms with Crippen molar-refractivity contribution in [2.45, 2.75) is 6.42 Å². The Morgan fingerprint density at radius 3 is 2.87 bits per heavy atom. The third-order valence-corrected chi connectivity index (χ3v) is 1.78. The largest absolute Gasteiger partial charge is 0.508 e. The first-order chi connectivity index (χ1) is 7.15. The summed E-state index contributed by atoms with van der Waals surface area (Å²) in [5.74, 6) is 1.67. The first-order valence-electron chi connectivity index (χ1n) is 4.39. The molecule has 1 aromatic rings. The molecule has 0 aliphatic heterocycles. The summed E-state index contributed by atoms with van der Waals surface area (Å²) in [5.41, 5.74) is 0.0343. The Bertz CT molecular complexity index is 407. The van der Waals surface area contributed by atoms with Crippen molar-refractivity contribution < 1.29 is 15.0 Å². The predicted octanol–water partition coefficient (Wildman–Crippen LogP) is 0.851. The van der Waals surface area contributed by atoms with E-state index in [1.54, 1.807) is 0 Å². The number of hydrogen-bond acceptors (Lipinski definition) is 3. The summed E-state index contributed by atoms with van der Waals surface area (Å²) in [6.45, 7) is 0.338. The average Bonchev–Trinajstić information content (AvgIpc) is 2.22. The smallest absolute Gasteiger partial charge is 0.255 e. The lowest BCUT2D eigenvalue weighted by Gasteiger charge is -2.05. The fraction of sp³-hybridized carbons (Fsp3) is 0.182. The minimum atomic E-state index is -0.460. The molecular weight excluding hydrogens is 194 g/mol. The van der Waals surface area contributed by atoms with Crippen LogP contribution in [0.25, 0.3) is 0 Å². The number of benzene rings is 1.